The summed E-state index contributed by atoms with van der Waals surface area (Å²) in [6.45, 7) is 16.8. The lowest BCUT2D eigenvalue weighted by Crippen LogP contribution is -2.43. The Morgan fingerprint density at radius 1 is 1.39 bits per heavy atom. The number of hydrogen-bond acceptors (Lipinski definition) is 2. The summed E-state index contributed by atoms with van der Waals surface area (Å²) >= 11 is 2.39. The van der Waals surface area contributed by atoms with Crippen LogP contribution in [0, 0.1) is 29.1 Å². The van der Waals surface area contributed by atoms with Gasteiger partial charge in [-0.3, -0.25) is 4.79 Å². The lowest BCUT2D eigenvalue weighted by atomic mass is 9.78. The summed E-state index contributed by atoms with van der Waals surface area (Å²) in [6.07, 6.45) is 10.2. The molecule has 2 fully saturated rings. The molecule has 28 heavy (non-hydrogen) atoms. The first-order chi connectivity index (χ1) is 12.9. The summed E-state index contributed by atoms with van der Waals surface area (Å²) in [5.41, 5.74) is 1.86. The molecule has 0 heterocycles. The maximum atomic E-state index is 13.6. The number of rotatable bonds is 6. The number of ketones is 1. The number of halogens is 1. The zero-order valence-corrected chi connectivity index (χ0v) is 22.1. The standard InChI is InChI=1S/C24H39IO2Si/c1-16(25)10-11-18(15-27-28(6,7)23(2,3)4)19-13-12-17-9-8-14-24(5)20(17)21(24)22(19)26/h9-10,18-21H,8,11-15H2,1-7H3/b16-10-/t18-,19+,20-,21-,24-/m0/s1. The van der Waals surface area contributed by atoms with Gasteiger partial charge in [-0.05, 0) is 101 Å². The number of fused-ring (bicyclic) bond motifs is 1. The fourth-order valence-electron chi connectivity index (χ4n) is 5.31. The summed E-state index contributed by atoms with van der Waals surface area (Å²) in [6, 6.07) is 0. The van der Waals surface area contributed by atoms with Gasteiger partial charge in [-0.2, -0.15) is 0 Å². The van der Waals surface area contributed by atoms with Gasteiger partial charge in [0.05, 0.1) is 0 Å². The van der Waals surface area contributed by atoms with Crippen molar-refractivity contribution < 1.29 is 9.22 Å². The minimum atomic E-state index is -1.81. The molecule has 0 aromatic rings. The van der Waals surface area contributed by atoms with Crippen LogP contribution in [0.15, 0.2) is 21.3 Å². The molecule has 0 unspecified atom stereocenters. The van der Waals surface area contributed by atoms with E-state index in [2.05, 4.69) is 82.5 Å². The van der Waals surface area contributed by atoms with Crippen molar-refractivity contribution in [1.29, 1.82) is 0 Å². The topological polar surface area (TPSA) is 26.3 Å². The van der Waals surface area contributed by atoms with Gasteiger partial charge in [-0.25, -0.2) is 0 Å². The third kappa shape index (κ3) is 4.25. The summed E-state index contributed by atoms with van der Waals surface area (Å²) in [5, 5.41) is 0.205. The number of carbonyl (C=O) groups is 1. The van der Waals surface area contributed by atoms with E-state index in [1.807, 2.05) is 0 Å². The molecule has 0 spiro atoms. The van der Waals surface area contributed by atoms with Crippen molar-refractivity contribution in [2.75, 3.05) is 6.61 Å². The Balaban J connectivity index is 1.80. The van der Waals surface area contributed by atoms with Gasteiger partial charge in [0.15, 0.2) is 8.32 Å². The van der Waals surface area contributed by atoms with Gasteiger partial charge in [0.25, 0.3) is 0 Å². The number of allylic oxidation sites excluding steroid dienone is 4. The predicted octanol–water partition coefficient (Wildman–Crippen LogP) is 7.30. The van der Waals surface area contributed by atoms with Gasteiger partial charge < -0.3 is 4.43 Å². The van der Waals surface area contributed by atoms with Crippen LogP contribution in [0.5, 0.6) is 0 Å². The predicted molar refractivity (Wildman–Crippen MR) is 129 cm³/mol. The third-order valence-electron chi connectivity index (χ3n) is 8.29. The second-order valence-electron chi connectivity index (χ2n) is 11.2. The third-order valence-corrected chi connectivity index (χ3v) is 13.2. The largest absolute Gasteiger partial charge is 0.417 e. The molecule has 0 N–H and O–H groups in total. The van der Waals surface area contributed by atoms with Gasteiger partial charge >= 0.3 is 0 Å². The van der Waals surface area contributed by atoms with E-state index in [-0.39, 0.29) is 22.3 Å². The number of carbonyl (C=O) groups excluding carboxylic acids is 1. The van der Waals surface area contributed by atoms with Crippen LogP contribution in [0.2, 0.25) is 18.1 Å². The zero-order chi connectivity index (χ0) is 20.9. The average molecular weight is 515 g/mol. The molecule has 4 heteroatoms. The number of Topliss-reactive ketones (excluding diaryl/α,β-unsaturated/α-hetero) is 1. The summed E-state index contributed by atoms with van der Waals surface area (Å²) in [7, 11) is -1.81. The highest BCUT2D eigenvalue weighted by Crippen LogP contribution is 2.69. The van der Waals surface area contributed by atoms with E-state index >= 15 is 0 Å². The van der Waals surface area contributed by atoms with Crippen LogP contribution in [0.25, 0.3) is 0 Å². The van der Waals surface area contributed by atoms with E-state index in [1.165, 1.54) is 16.4 Å². The van der Waals surface area contributed by atoms with Crippen molar-refractivity contribution in [3.63, 3.8) is 0 Å². The first-order valence-corrected chi connectivity index (χ1v) is 15.1. The molecule has 0 aromatic carbocycles. The van der Waals surface area contributed by atoms with E-state index in [0.717, 1.165) is 25.9 Å². The lowest BCUT2D eigenvalue weighted by molar-refractivity contribution is -0.127. The van der Waals surface area contributed by atoms with Crippen LogP contribution in [0.1, 0.15) is 66.7 Å². The van der Waals surface area contributed by atoms with Crippen LogP contribution < -0.4 is 0 Å². The minimum Gasteiger partial charge on any atom is -0.417 e. The quantitative estimate of drug-likeness (QED) is 0.211. The van der Waals surface area contributed by atoms with Crippen molar-refractivity contribution in [2.24, 2.45) is 29.1 Å². The Morgan fingerprint density at radius 2 is 2.07 bits per heavy atom. The fourth-order valence-corrected chi connectivity index (χ4v) is 6.63. The normalized spacial score (nSPS) is 34.4. The number of hydrogen-bond donors (Lipinski definition) is 0. The van der Waals surface area contributed by atoms with Crippen molar-refractivity contribution in [2.45, 2.75) is 84.9 Å². The SMILES string of the molecule is C/C(I)=C/C[C@@H](CO[Si](C)(C)C(C)(C)C)[C@H]1CCC2=CCC[C@]3(C)[C@H](C1=O)[C@H]23. The summed E-state index contributed by atoms with van der Waals surface area (Å²) in [4.78, 5) is 13.6. The Labute approximate surface area is 187 Å². The van der Waals surface area contributed by atoms with E-state index < -0.39 is 8.32 Å². The fraction of sp³-hybridized carbons (Fsp3) is 0.792. The minimum absolute atomic E-state index is 0.162. The first kappa shape index (κ1) is 22.7. The summed E-state index contributed by atoms with van der Waals surface area (Å²) in [5.74, 6) is 1.88. The van der Waals surface area contributed by atoms with E-state index in [4.69, 9.17) is 4.43 Å². The molecule has 3 rings (SSSR count). The van der Waals surface area contributed by atoms with Gasteiger partial charge in [-0.1, -0.05) is 45.4 Å². The molecule has 0 aromatic heterocycles. The highest BCUT2D eigenvalue weighted by Gasteiger charge is 2.67. The Bertz CT molecular complexity index is 683. The zero-order valence-electron chi connectivity index (χ0n) is 18.9. The van der Waals surface area contributed by atoms with Crippen molar-refractivity contribution in [3.8, 4) is 0 Å². The average Bonchev–Trinajstić information content (AvgIpc) is 3.24. The molecule has 3 aliphatic carbocycles. The van der Waals surface area contributed by atoms with Crippen LogP contribution >= 0.6 is 22.6 Å². The summed E-state index contributed by atoms with van der Waals surface area (Å²) < 4.78 is 7.95. The van der Waals surface area contributed by atoms with Crippen molar-refractivity contribution in [1.82, 2.24) is 0 Å². The van der Waals surface area contributed by atoms with Crippen LogP contribution in [-0.2, 0) is 9.22 Å². The van der Waals surface area contributed by atoms with Crippen molar-refractivity contribution >= 4 is 36.7 Å². The highest BCUT2D eigenvalue weighted by molar-refractivity contribution is 14.1. The molecule has 158 valence electrons. The molecular formula is C24H39IO2Si. The maximum Gasteiger partial charge on any atom is 0.191 e. The second-order valence-corrected chi connectivity index (χ2v) is 17.7. The van der Waals surface area contributed by atoms with E-state index in [9.17, 15) is 4.79 Å². The molecule has 0 radical (unpaired) electrons. The molecule has 0 amide bonds. The van der Waals surface area contributed by atoms with Gasteiger partial charge in [0.2, 0.25) is 0 Å². The van der Waals surface area contributed by atoms with Crippen LogP contribution in [0.3, 0.4) is 0 Å². The van der Waals surface area contributed by atoms with Crippen LogP contribution in [0.4, 0.5) is 0 Å². The van der Waals surface area contributed by atoms with Gasteiger partial charge in [0.1, 0.15) is 5.78 Å². The molecule has 0 saturated heterocycles. The van der Waals surface area contributed by atoms with Crippen LogP contribution in [-0.4, -0.2) is 20.7 Å². The maximum absolute atomic E-state index is 13.6. The monoisotopic (exact) mass is 514 g/mol. The van der Waals surface area contributed by atoms with Crippen molar-refractivity contribution in [3.05, 3.63) is 21.3 Å². The molecular weight excluding hydrogens is 475 g/mol. The Kier molecular flexibility index (Phi) is 6.46. The Morgan fingerprint density at radius 3 is 2.68 bits per heavy atom. The van der Waals surface area contributed by atoms with E-state index in [1.54, 1.807) is 5.57 Å². The van der Waals surface area contributed by atoms with Gasteiger partial charge in [0, 0.05) is 18.4 Å². The molecule has 2 nitrogen and oxygen atoms in total. The Hall–Kier alpha value is 0.0569. The van der Waals surface area contributed by atoms with Gasteiger partial charge in [-0.15, -0.1) is 0 Å². The molecule has 2 saturated carbocycles. The van der Waals surface area contributed by atoms with E-state index in [0.29, 0.717) is 17.6 Å². The smallest absolute Gasteiger partial charge is 0.191 e. The second kappa shape index (κ2) is 7.95. The lowest BCUT2D eigenvalue weighted by Gasteiger charge is -2.38. The molecule has 3 aliphatic rings. The molecule has 0 aliphatic heterocycles. The first-order valence-electron chi connectivity index (χ1n) is 11.1. The molecule has 0 bridgehead atoms. The molecule has 5 atom stereocenters. The highest BCUT2D eigenvalue weighted by atomic mass is 127.